The van der Waals surface area contributed by atoms with Gasteiger partial charge in [0.1, 0.15) is 0 Å². The van der Waals surface area contributed by atoms with Gasteiger partial charge in [-0.25, -0.2) is 0 Å². The second-order valence-corrected chi connectivity index (χ2v) is 5.83. The van der Waals surface area contributed by atoms with Crippen LogP contribution in [0.1, 0.15) is 0 Å². The Morgan fingerprint density at radius 2 is 1.61 bits per heavy atom. The molecule has 4 heteroatoms. The van der Waals surface area contributed by atoms with Crippen LogP contribution in [0.5, 0.6) is 0 Å². The van der Waals surface area contributed by atoms with E-state index in [0.717, 1.165) is 38.4 Å². The third-order valence-corrected chi connectivity index (χ3v) is 4.30. The van der Waals surface area contributed by atoms with Crippen molar-refractivity contribution in [3.63, 3.8) is 0 Å². The van der Waals surface area contributed by atoms with Crippen LogP contribution >= 0.6 is 11.6 Å². The van der Waals surface area contributed by atoms with Crippen molar-refractivity contribution in [1.29, 1.82) is 0 Å². The summed E-state index contributed by atoms with van der Waals surface area (Å²) in [6, 6.07) is 16.0. The minimum Gasteiger partial charge on any atom is -0.342 e. The number of benzene rings is 1. The summed E-state index contributed by atoms with van der Waals surface area (Å²) in [6.45, 7) is 0. The molecule has 0 saturated heterocycles. The Bertz CT molecular complexity index is 973. The Hall–Kier alpha value is -2.65. The van der Waals surface area contributed by atoms with Crippen molar-refractivity contribution < 1.29 is 0 Å². The fourth-order valence-corrected chi connectivity index (χ4v) is 3.12. The van der Waals surface area contributed by atoms with Crippen LogP contribution in [0.15, 0.2) is 67.1 Å². The molecule has 112 valence electrons. The van der Waals surface area contributed by atoms with Gasteiger partial charge in [-0.3, -0.25) is 9.97 Å². The minimum atomic E-state index is 0.729. The smallest absolute Gasteiger partial charge is 0.0965 e. The van der Waals surface area contributed by atoms with Gasteiger partial charge in [0.15, 0.2) is 0 Å². The van der Waals surface area contributed by atoms with Crippen LogP contribution in [0.3, 0.4) is 0 Å². The fourth-order valence-electron chi connectivity index (χ4n) is 3.00. The van der Waals surface area contributed by atoms with E-state index >= 15 is 0 Å². The molecule has 0 bridgehead atoms. The third kappa shape index (κ3) is 2.30. The Balaban J connectivity index is 2.10. The molecule has 0 atom stereocenters. The molecule has 4 aromatic rings. The molecule has 3 heterocycles. The number of rotatable bonds is 2. The summed E-state index contributed by atoms with van der Waals surface area (Å²) in [5.74, 6) is 0. The number of fused-ring (bicyclic) bond motifs is 1. The highest BCUT2D eigenvalue weighted by Gasteiger charge is 2.18. The number of hydrogen-bond donors (Lipinski definition) is 0. The second kappa shape index (κ2) is 5.52. The van der Waals surface area contributed by atoms with E-state index in [4.69, 9.17) is 11.6 Å². The Morgan fingerprint density at radius 3 is 2.35 bits per heavy atom. The van der Waals surface area contributed by atoms with Crippen molar-refractivity contribution >= 4 is 22.6 Å². The molecule has 0 unspecified atom stereocenters. The molecular weight excluding hydrogens is 306 g/mol. The van der Waals surface area contributed by atoms with Gasteiger partial charge in [0, 0.05) is 41.8 Å². The van der Waals surface area contributed by atoms with E-state index in [1.807, 2.05) is 61.1 Å². The molecule has 23 heavy (non-hydrogen) atoms. The number of halogens is 1. The van der Waals surface area contributed by atoms with Crippen LogP contribution in [0, 0.1) is 0 Å². The highest BCUT2D eigenvalue weighted by Crippen LogP contribution is 2.39. The molecule has 3 nitrogen and oxygen atoms in total. The van der Waals surface area contributed by atoms with Crippen molar-refractivity contribution in [3.8, 4) is 22.4 Å². The normalized spacial score (nSPS) is 11.0. The summed E-state index contributed by atoms with van der Waals surface area (Å²) in [7, 11) is 2.07. The summed E-state index contributed by atoms with van der Waals surface area (Å²) >= 11 is 6.05. The molecular formula is C19H14ClN3. The largest absolute Gasteiger partial charge is 0.342 e. The van der Waals surface area contributed by atoms with Crippen molar-refractivity contribution in [1.82, 2.24) is 14.5 Å². The van der Waals surface area contributed by atoms with Crippen LogP contribution < -0.4 is 0 Å². The maximum absolute atomic E-state index is 6.05. The summed E-state index contributed by atoms with van der Waals surface area (Å²) < 4.78 is 2.18. The number of hydrogen-bond acceptors (Lipinski definition) is 2. The average molecular weight is 320 g/mol. The number of nitrogens with zero attached hydrogens (tertiary/aromatic N) is 3. The molecule has 0 N–H and O–H groups in total. The van der Waals surface area contributed by atoms with Gasteiger partial charge in [-0.15, -0.1) is 0 Å². The molecule has 0 aliphatic heterocycles. The first-order valence-corrected chi connectivity index (χ1v) is 7.73. The lowest BCUT2D eigenvalue weighted by molar-refractivity contribution is 0.977. The van der Waals surface area contributed by atoms with E-state index in [0.29, 0.717) is 0 Å². The maximum atomic E-state index is 6.05. The fraction of sp³-hybridized carbons (Fsp3) is 0.0526. The van der Waals surface area contributed by atoms with Gasteiger partial charge in [0.05, 0.1) is 16.7 Å². The zero-order chi connectivity index (χ0) is 15.8. The van der Waals surface area contributed by atoms with Gasteiger partial charge in [-0.2, -0.15) is 0 Å². The van der Waals surface area contributed by atoms with E-state index in [2.05, 4.69) is 27.6 Å². The zero-order valence-electron chi connectivity index (χ0n) is 12.6. The lowest BCUT2D eigenvalue weighted by Gasteiger charge is -2.08. The topological polar surface area (TPSA) is 30.7 Å². The van der Waals surface area contributed by atoms with E-state index in [-0.39, 0.29) is 0 Å². The summed E-state index contributed by atoms with van der Waals surface area (Å²) in [4.78, 5) is 8.74. The summed E-state index contributed by atoms with van der Waals surface area (Å²) in [5.41, 5.74) is 6.55. The zero-order valence-corrected chi connectivity index (χ0v) is 13.3. The molecule has 0 spiro atoms. The molecule has 3 aromatic heterocycles. The van der Waals surface area contributed by atoms with Crippen LogP contribution in [-0.2, 0) is 7.05 Å². The first kappa shape index (κ1) is 14.0. The predicted octanol–water partition coefficient (Wildman–Crippen LogP) is 4.96. The van der Waals surface area contributed by atoms with Gasteiger partial charge in [0.25, 0.3) is 0 Å². The second-order valence-electron chi connectivity index (χ2n) is 5.40. The predicted molar refractivity (Wildman–Crippen MR) is 94.4 cm³/mol. The van der Waals surface area contributed by atoms with Crippen molar-refractivity contribution in [2.45, 2.75) is 0 Å². The van der Waals surface area contributed by atoms with E-state index in [1.165, 1.54) is 0 Å². The quantitative estimate of drug-likeness (QED) is 0.523. The van der Waals surface area contributed by atoms with Crippen LogP contribution in [0.25, 0.3) is 33.4 Å². The van der Waals surface area contributed by atoms with Crippen molar-refractivity contribution in [2.75, 3.05) is 0 Å². The van der Waals surface area contributed by atoms with E-state index < -0.39 is 0 Å². The van der Waals surface area contributed by atoms with Crippen LogP contribution in [-0.4, -0.2) is 14.5 Å². The summed E-state index contributed by atoms with van der Waals surface area (Å²) in [6.07, 6.45) is 5.45. The molecule has 0 saturated carbocycles. The summed E-state index contributed by atoms with van der Waals surface area (Å²) in [5, 5.41) is 0.729. The number of aryl methyl sites for hydroxylation is 1. The number of aromatic nitrogens is 3. The molecule has 0 amide bonds. The highest BCUT2D eigenvalue weighted by molar-refractivity contribution is 6.30. The van der Waals surface area contributed by atoms with Gasteiger partial charge >= 0.3 is 0 Å². The van der Waals surface area contributed by atoms with Gasteiger partial charge < -0.3 is 4.57 Å². The lowest BCUT2D eigenvalue weighted by Crippen LogP contribution is -1.92. The molecule has 1 aromatic carbocycles. The van der Waals surface area contributed by atoms with Gasteiger partial charge in [-0.1, -0.05) is 23.7 Å². The Kier molecular flexibility index (Phi) is 3.36. The molecule has 0 radical (unpaired) electrons. The van der Waals surface area contributed by atoms with Gasteiger partial charge in [0.2, 0.25) is 0 Å². The average Bonchev–Trinajstić information content (AvgIpc) is 2.90. The van der Waals surface area contributed by atoms with Crippen LogP contribution in [0.2, 0.25) is 5.02 Å². The molecule has 4 rings (SSSR count). The minimum absolute atomic E-state index is 0.729. The SMILES string of the molecule is Cn1c(-c2ccncc2)c(-c2ccc(Cl)cc2)c2ncccc21. The first-order chi connectivity index (χ1) is 11.3. The number of pyridine rings is 2. The Morgan fingerprint density at radius 1 is 0.870 bits per heavy atom. The van der Waals surface area contributed by atoms with Crippen molar-refractivity contribution in [2.24, 2.45) is 7.05 Å². The van der Waals surface area contributed by atoms with Crippen molar-refractivity contribution in [3.05, 3.63) is 72.1 Å². The van der Waals surface area contributed by atoms with E-state index in [9.17, 15) is 0 Å². The molecule has 0 aliphatic rings. The Labute approximate surface area is 139 Å². The maximum Gasteiger partial charge on any atom is 0.0965 e. The monoisotopic (exact) mass is 319 g/mol. The molecule has 0 aliphatic carbocycles. The molecule has 0 fully saturated rings. The standard InChI is InChI=1S/C19H14ClN3/c1-23-16-3-2-10-22-18(16)17(13-4-6-15(20)7-5-13)19(23)14-8-11-21-12-9-14/h2-12H,1H3. The highest BCUT2D eigenvalue weighted by atomic mass is 35.5. The lowest BCUT2D eigenvalue weighted by atomic mass is 10.0. The van der Waals surface area contributed by atoms with Gasteiger partial charge in [-0.05, 0) is 42.0 Å². The van der Waals surface area contributed by atoms with E-state index in [1.54, 1.807) is 0 Å². The van der Waals surface area contributed by atoms with Crippen LogP contribution in [0.4, 0.5) is 0 Å². The first-order valence-electron chi connectivity index (χ1n) is 7.35. The third-order valence-electron chi connectivity index (χ3n) is 4.04.